The summed E-state index contributed by atoms with van der Waals surface area (Å²) in [5.74, 6) is 0.939. The Hall–Kier alpha value is -0.600. The van der Waals surface area contributed by atoms with Gasteiger partial charge >= 0.3 is 0 Å². The van der Waals surface area contributed by atoms with E-state index in [1.807, 2.05) is 9.80 Å². The highest BCUT2D eigenvalue weighted by molar-refractivity contribution is 5.85. The predicted octanol–water partition coefficient (Wildman–Crippen LogP) is 0.208. The molecular formula is C17H32Cl2N4O3. The van der Waals surface area contributed by atoms with Gasteiger partial charge < -0.3 is 20.3 Å². The van der Waals surface area contributed by atoms with E-state index >= 15 is 0 Å². The van der Waals surface area contributed by atoms with Crippen LogP contribution in [0, 0.1) is 11.8 Å². The Morgan fingerprint density at radius 2 is 1.58 bits per heavy atom. The maximum atomic E-state index is 12.7. The van der Waals surface area contributed by atoms with Crippen molar-refractivity contribution in [1.29, 1.82) is 0 Å². The minimum Gasteiger partial charge on any atom is -0.378 e. The number of ether oxygens (including phenoxy) is 1. The lowest BCUT2D eigenvalue weighted by molar-refractivity contribution is -0.140. The highest BCUT2D eigenvalue weighted by Crippen LogP contribution is 2.32. The Bertz CT molecular complexity index is 455. The van der Waals surface area contributed by atoms with Crippen molar-refractivity contribution in [2.45, 2.75) is 19.3 Å². The molecule has 2 amide bonds. The number of rotatable bonds is 4. The average molecular weight is 411 g/mol. The second kappa shape index (κ2) is 11.3. The third-order valence-electron chi connectivity index (χ3n) is 5.69. The summed E-state index contributed by atoms with van der Waals surface area (Å²) in [6, 6.07) is 0. The number of hydrogen-bond donors (Lipinski definition) is 1. The third kappa shape index (κ3) is 5.70. The van der Waals surface area contributed by atoms with Crippen molar-refractivity contribution < 1.29 is 14.3 Å². The molecule has 2 atom stereocenters. The molecule has 26 heavy (non-hydrogen) atoms. The Morgan fingerprint density at radius 1 is 0.923 bits per heavy atom. The Balaban J connectivity index is 0.00000169. The fraction of sp³-hybridized carbons (Fsp3) is 0.882. The lowest BCUT2D eigenvalue weighted by atomic mass is 9.94. The van der Waals surface area contributed by atoms with E-state index in [0.717, 1.165) is 45.4 Å². The maximum absolute atomic E-state index is 12.7. The molecule has 0 spiro atoms. The first-order valence-corrected chi connectivity index (χ1v) is 9.25. The van der Waals surface area contributed by atoms with Gasteiger partial charge in [0.05, 0.1) is 19.8 Å². The first kappa shape index (κ1) is 23.4. The summed E-state index contributed by atoms with van der Waals surface area (Å²) in [6.45, 7) is 6.74. The Morgan fingerprint density at radius 3 is 2.19 bits per heavy atom. The van der Waals surface area contributed by atoms with E-state index in [-0.39, 0.29) is 42.5 Å². The summed E-state index contributed by atoms with van der Waals surface area (Å²) in [5.41, 5.74) is 5.81. The van der Waals surface area contributed by atoms with Gasteiger partial charge in [-0.05, 0) is 25.3 Å². The van der Waals surface area contributed by atoms with Crippen LogP contribution >= 0.6 is 24.8 Å². The molecule has 0 unspecified atom stereocenters. The predicted molar refractivity (Wildman–Crippen MR) is 105 cm³/mol. The van der Waals surface area contributed by atoms with Gasteiger partial charge in [-0.25, -0.2) is 0 Å². The van der Waals surface area contributed by atoms with Crippen LogP contribution in [-0.4, -0.2) is 92.1 Å². The summed E-state index contributed by atoms with van der Waals surface area (Å²) in [6.07, 6.45) is 3.18. The van der Waals surface area contributed by atoms with Crippen LogP contribution in [0.4, 0.5) is 0 Å². The molecule has 1 saturated carbocycles. The van der Waals surface area contributed by atoms with Crippen molar-refractivity contribution in [3.8, 4) is 0 Å². The number of piperazine rings is 1. The lowest BCUT2D eigenvalue weighted by Crippen LogP contribution is -2.54. The Kier molecular flexibility index (Phi) is 10.2. The fourth-order valence-corrected chi connectivity index (χ4v) is 4.11. The molecule has 1 aliphatic carbocycles. The first-order chi connectivity index (χ1) is 11.7. The van der Waals surface area contributed by atoms with Crippen molar-refractivity contribution >= 4 is 36.6 Å². The van der Waals surface area contributed by atoms with Gasteiger partial charge in [-0.2, -0.15) is 0 Å². The molecule has 2 saturated heterocycles. The molecule has 2 heterocycles. The van der Waals surface area contributed by atoms with Crippen LogP contribution in [0.2, 0.25) is 0 Å². The molecule has 3 fully saturated rings. The normalized spacial score (nSPS) is 26.8. The third-order valence-corrected chi connectivity index (χ3v) is 5.69. The van der Waals surface area contributed by atoms with Crippen LogP contribution in [-0.2, 0) is 14.3 Å². The summed E-state index contributed by atoms with van der Waals surface area (Å²) >= 11 is 0. The number of nitrogens with two attached hydrogens (primary N) is 1. The quantitative estimate of drug-likeness (QED) is 0.716. The van der Waals surface area contributed by atoms with Crippen molar-refractivity contribution in [2.24, 2.45) is 17.6 Å². The number of amides is 2. The number of carbonyl (C=O) groups is 2. The van der Waals surface area contributed by atoms with E-state index < -0.39 is 0 Å². The van der Waals surface area contributed by atoms with Crippen molar-refractivity contribution in [3.63, 3.8) is 0 Å². The molecule has 2 aliphatic heterocycles. The van der Waals surface area contributed by atoms with Gasteiger partial charge in [0.2, 0.25) is 11.8 Å². The highest BCUT2D eigenvalue weighted by Gasteiger charge is 2.35. The standard InChI is InChI=1S/C17H30N4O3.2ClH/c18-12-14-2-1-3-15(14)17(23)21-6-4-19(5-7-21)13-16(22)20-8-10-24-11-9-20;;/h14-15H,1-13,18H2;2*1H/t14-,15-;;/m1../s1. The number of hydrogen-bond acceptors (Lipinski definition) is 5. The van der Waals surface area contributed by atoms with E-state index in [0.29, 0.717) is 45.3 Å². The molecule has 152 valence electrons. The topological polar surface area (TPSA) is 79.1 Å². The number of carbonyl (C=O) groups excluding carboxylic acids is 2. The molecule has 7 nitrogen and oxygen atoms in total. The summed E-state index contributed by atoms with van der Waals surface area (Å²) in [4.78, 5) is 31.0. The molecule has 3 rings (SSSR count). The molecule has 3 aliphatic rings. The SMILES string of the molecule is Cl.Cl.NC[C@H]1CCC[C@H]1C(=O)N1CCN(CC(=O)N2CCOCC2)CC1. The van der Waals surface area contributed by atoms with E-state index in [2.05, 4.69) is 4.90 Å². The largest absolute Gasteiger partial charge is 0.378 e. The van der Waals surface area contributed by atoms with Crippen LogP contribution in [0.5, 0.6) is 0 Å². The van der Waals surface area contributed by atoms with Gasteiger partial charge in [-0.3, -0.25) is 14.5 Å². The number of nitrogens with zero attached hydrogens (tertiary/aromatic N) is 3. The van der Waals surface area contributed by atoms with Crippen LogP contribution in [0.3, 0.4) is 0 Å². The summed E-state index contributed by atoms with van der Waals surface area (Å²) in [5, 5.41) is 0. The molecule has 2 N–H and O–H groups in total. The number of halogens is 2. The highest BCUT2D eigenvalue weighted by atomic mass is 35.5. The lowest BCUT2D eigenvalue weighted by Gasteiger charge is -2.37. The van der Waals surface area contributed by atoms with Crippen molar-refractivity contribution in [2.75, 3.05) is 65.6 Å². The van der Waals surface area contributed by atoms with Gasteiger partial charge in [-0.15, -0.1) is 24.8 Å². The molecule has 0 radical (unpaired) electrons. The van der Waals surface area contributed by atoms with Gasteiger partial charge in [-0.1, -0.05) is 6.42 Å². The first-order valence-electron chi connectivity index (χ1n) is 9.25. The molecule has 9 heteroatoms. The molecule has 0 bridgehead atoms. The van der Waals surface area contributed by atoms with Crippen LogP contribution in [0.25, 0.3) is 0 Å². The average Bonchev–Trinajstić information content (AvgIpc) is 3.11. The zero-order valence-electron chi connectivity index (χ0n) is 15.3. The maximum Gasteiger partial charge on any atom is 0.236 e. The van der Waals surface area contributed by atoms with Crippen molar-refractivity contribution in [3.05, 3.63) is 0 Å². The zero-order chi connectivity index (χ0) is 16.9. The van der Waals surface area contributed by atoms with Crippen LogP contribution in [0.15, 0.2) is 0 Å². The number of morpholine rings is 1. The zero-order valence-corrected chi connectivity index (χ0v) is 16.9. The summed E-state index contributed by atoms with van der Waals surface area (Å²) in [7, 11) is 0. The molecule has 0 aromatic heterocycles. The molecular weight excluding hydrogens is 379 g/mol. The van der Waals surface area contributed by atoms with Gasteiger partial charge in [0.1, 0.15) is 0 Å². The van der Waals surface area contributed by atoms with Gasteiger partial charge in [0, 0.05) is 45.2 Å². The van der Waals surface area contributed by atoms with E-state index in [1.165, 1.54) is 0 Å². The minimum atomic E-state index is 0. The van der Waals surface area contributed by atoms with Crippen molar-refractivity contribution in [1.82, 2.24) is 14.7 Å². The van der Waals surface area contributed by atoms with E-state index in [1.54, 1.807) is 0 Å². The van der Waals surface area contributed by atoms with Gasteiger partial charge in [0.15, 0.2) is 0 Å². The monoisotopic (exact) mass is 410 g/mol. The van der Waals surface area contributed by atoms with Crippen LogP contribution < -0.4 is 5.73 Å². The molecule has 0 aromatic rings. The fourth-order valence-electron chi connectivity index (χ4n) is 4.11. The summed E-state index contributed by atoms with van der Waals surface area (Å²) < 4.78 is 5.29. The van der Waals surface area contributed by atoms with E-state index in [9.17, 15) is 9.59 Å². The van der Waals surface area contributed by atoms with Crippen LogP contribution in [0.1, 0.15) is 19.3 Å². The van der Waals surface area contributed by atoms with Gasteiger partial charge in [0.25, 0.3) is 0 Å². The molecule has 0 aromatic carbocycles. The second-order valence-electron chi connectivity index (χ2n) is 7.13. The Labute approximate surface area is 168 Å². The minimum absolute atomic E-state index is 0. The van der Waals surface area contributed by atoms with E-state index in [4.69, 9.17) is 10.5 Å². The smallest absolute Gasteiger partial charge is 0.236 e. The second-order valence-corrected chi connectivity index (χ2v) is 7.13.